The molecule has 0 aliphatic rings. The first-order chi connectivity index (χ1) is 9.77. The third kappa shape index (κ3) is 4.83. The number of carboxylic acid groups (broad SMARTS) is 1. The smallest absolute Gasteiger partial charge is 0.339 e. The summed E-state index contributed by atoms with van der Waals surface area (Å²) in [7, 11) is -2.78. The summed E-state index contributed by atoms with van der Waals surface area (Å²) in [6, 6.07) is 5.08. The molecule has 0 amide bonds. The Hall–Kier alpha value is -1.93. The molecule has 7 nitrogen and oxygen atoms in total. The van der Waals surface area contributed by atoms with Crippen molar-refractivity contribution in [1.82, 2.24) is 4.72 Å². The number of hydrogen-bond donors (Lipinski definition) is 2. The predicted molar refractivity (Wildman–Crippen MR) is 74.4 cm³/mol. The first-order valence-corrected chi connectivity index (χ1v) is 7.67. The lowest BCUT2D eigenvalue weighted by atomic mass is 10.2. The van der Waals surface area contributed by atoms with Gasteiger partial charge in [0.15, 0.2) is 0 Å². The normalized spacial score (nSPS) is 12.7. The van der Waals surface area contributed by atoms with Crippen molar-refractivity contribution in [2.24, 2.45) is 0 Å². The molecular weight excluding hydrogens is 298 g/mol. The van der Waals surface area contributed by atoms with Gasteiger partial charge < -0.3 is 9.84 Å². The second-order valence-electron chi connectivity index (χ2n) is 4.44. The van der Waals surface area contributed by atoms with Crippen molar-refractivity contribution in [3.63, 3.8) is 0 Å². The van der Waals surface area contributed by atoms with E-state index in [2.05, 4.69) is 9.46 Å². The van der Waals surface area contributed by atoms with Gasteiger partial charge >= 0.3 is 11.9 Å². The van der Waals surface area contributed by atoms with Crippen molar-refractivity contribution >= 4 is 22.0 Å². The van der Waals surface area contributed by atoms with Crippen molar-refractivity contribution in [1.29, 1.82) is 0 Å². The van der Waals surface area contributed by atoms with Gasteiger partial charge in [0, 0.05) is 12.5 Å². The molecule has 21 heavy (non-hydrogen) atoms. The summed E-state index contributed by atoms with van der Waals surface area (Å²) in [4.78, 5) is 21.9. The molecule has 1 aromatic rings. The number of hydrogen-bond acceptors (Lipinski definition) is 5. The van der Waals surface area contributed by atoms with Crippen LogP contribution >= 0.6 is 0 Å². The van der Waals surface area contributed by atoms with E-state index >= 15 is 0 Å². The third-order valence-corrected chi connectivity index (χ3v) is 4.38. The van der Waals surface area contributed by atoms with E-state index < -0.39 is 28.0 Å². The van der Waals surface area contributed by atoms with Gasteiger partial charge in [-0.15, -0.1) is 0 Å². The summed E-state index contributed by atoms with van der Waals surface area (Å²) in [6.45, 7) is 1.56. The minimum atomic E-state index is -3.94. The lowest BCUT2D eigenvalue weighted by Crippen LogP contribution is -2.34. The number of carbonyl (C=O) groups excluding carboxylic acids is 1. The Balaban J connectivity index is 2.98. The number of carboxylic acids is 1. The number of carbonyl (C=O) groups is 2. The number of rotatable bonds is 7. The maximum absolute atomic E-state index is 12.3. The zero-order valence-corrected chi connectivity index (χ0v) is 12.5. The zero-order chi connectivity index (χ0) is 16.0. The second-order valence-corrected chi connectivity index (χ2v) is 6.12. The number of aliphatic carboxylic acids is 1. The van der Waals surface area contributed by atoms with Crippen LogP contribution < -0.4 is 4.72 Å². The van der Waals surface area contributed by atoms with Crippen molar-refractivity contribution < 1.29 is 27.9 Å². The van der Waals surface area contributed by atoms with Crippen molar-refractivity contribution in [2.45, 2.75) is 30.7 Å². The van der Waals surface area contributed by atoms with E-state index in [1.807, 2.05) is 0 Å². The number of ether oxygens (including phenoxy) is 1. The fourth-order valence-electron chi connectivity index (χ4n) is 1.71. The average Bonchev–Trinajstić information content (AvgIpc) is 2.44. The number of sulfonamides is 1. The summed E-state index contributed by atoms with van der Waals surface area (Å²) in [5, 5.41) is 8.59. The molecule has 1 rings (SSSR count). The van der Waals surface area contributed by atoms with Gasteiger partial charge in [0.1, 0.15) is 0 Å². The van der Waals surface area contributed by atoms with Gasteiger partial charge in [-0.05, 0) is 25.5 Å². The Labute approximate surface area is 123 Å². The maximum Gasteiger partial charge on any atom is 0.339 e. The van der Waals surface area contributed by atoms with E-state index in [1.165, 1.54) is 24.3 Å². The van der Waals surface area contributed by atoms with Gasteiger partial charge in [0.25, 0.3) is 0 Å². The summed E-state index contributed by atoms with van der Waals surface area (Å²) in [5.74, 6) is -1.76. The molecule has 1 unspecified atom stereocenters. The van der Waals surface area contributed by atoms with Crippen LogP contribution in [-0.2, 0) is 19.6 Å². The van der Waals surface area contributed by atoms with E-state index in [0.29, 0.717) is 0 Å². The van der Waals surface area contributed by atoms with Crippen LogP contribution in [0, 0.1) is 0 Å². The number of nitrogens with one attached hydrogen (secondary N) is 1. The third-order valence-electron chi connectivity index (χ3n) is 2.73. The first-order valence-electron chi connectivity index (χ1n) is 6.19. The van der Waals surface area contributed by atoms with Crippen LogP contribution in [0.3, 0.4) is 0 Å². The second kappa shape index (κ2) is 7.19. The molecule has 0 aliphatic heterocycles. The van der Waals surface area contributed by atoms with Gasteiger partial charge in [-0.3, -0.25) is 4.79 Å². The van der Waals surface area contributed by atoms with Gasteiger partial charge in [0.2, 0.25) is 10.0 Å². The largest absolute Gasteiger partial charge is 0.481 e. The lowest BCUT2D eigenvalue weighted by Gasteiger charge is -2.15. The fraction of sp³-hybridized carbons (Fsp3) is 0.385. The summed E-state index contributed by atoms with van der Waals surface area (Å²) in [6.07, 6.45) is -0.00269. The number of methoxy groups -OCH3 is 1. The average molecular weight is 315 g/mol. The van der Waals surface area contributed by atoms with E-state index in [0.717, 1.165) is 7.11 Å². The SMILES string of the molecule is COC(=O)c1ccccc1S(=O)(=O)NC(C)CCC(=O)O. The van der Waals surface area contributed by atoms with Crippen molar-refractivity contribution in [3.05, 3.63) is 29.8 Å². The molecule has 116 valence electrons. The van der Waals surface area contributed by atoms with Crippen molar-refractivity contribution in [3.8, 4) is 0 Å². The highest BCUT2D eigenvalue weighted by Gasteiger charge is 2.24. The number of esters is 1. The molecule has 0 aliphatic carbocycles. The molecule has 0 aromatic heterocycles. The monoisotopic (exact) mass is 315 g/mol. The van der Waals surface area contributed by atoms with E-state index in [-0.39, 0.29) is 23.3 Å². The molecule has 0 saturated carbocycles. The predicted octanol–water partition coefficient (Wildman–Crippen LogP) is 1.00. The topological polar surface area (TPSA) is 110 Å². The Morgan fingerprint density at radius 3 is 2.52 bits per heavy atom. The minimum absolute atomic E-state index is 0.0714. The van der Waals surface area contributed by atoms with Gasteiger partial charge in [-0.1, -0.05) is 12.1 Å². The molecule has 1 aromatic carbocycles. The molecule has 0 spiro atoms. The molecule has 0 bridgehead atoms. The van der Waals surface area contributed by atoms with E-state index in [1.54, 1.807) is 6.92 Å². The summed E-state index contributed by atoms with van der Waals surface area (Å²) >= 11 is 0. The molecule has 2 N–H and O–H groups in total. The van der Waals surface area contributed by atoms with E-state index in [4.69, 9.17) is 5.11 Å². The van der Waals surface area contributed by atoms with Crippen LogP contribution in [-0.4, -0.2) is 38.6 Å². The summed E-state index contributed by atoms with van der Waals surface area (Å²) < 4.78 is 31.4. The van der Waals surface area contributed by atoms with Gasteiger partial charge in [-0.25, -0.2) is 17.9 Å². The number of benzene rings is 1. The van der Waals surface area contributed by atoms with Gasteiger partial charge in [-0.2, -0.15) is 0 Å². The maximum atomic E-state index is 12.3. The molecule has 8 heteroatoms. The molecule has 0 radical (unpaired) electrons. The quantitative estimate of drug-likeness (QED) is 0.727. The highest BCUT2D eigenvalue weighted by atomic mass is 32.2. The van der Waals surface area contributed by atoms with Crippen LogP contribution in [0.4, 0.5) is 0 Å². The van der Waals surface area contributed by atoms with Crippen LogP contribution in [0.2, 0.25) is 0 Å². The molecular formula is C13H17NO6S. The van der Waals surface area contributed by atoms with E-state index in [9.17, 15) is 18.0 Å². The highest BCUT2D eigenvalue weighted by molar-refractivity contribution is 7.89. The first kappa shape index (κ1) is 17.1. The van der Waals surface area contributed by atoms with Crippen molar-refractivity contribution in [2.75, 3.05) is 7.11 Å². The Morgan fingerprint density at radius 1 is 1.33 bits per heavy atom. The molecule has 0 fully saturated rings. The summed E-state index contributed by atoms with van der Waals surface area (Å²) in [5.41, 5.74) is -0.0714. The van der Waals surface area contributed by atoms with Crippen LogP contribution in [0.1, 0.15) is 30.1 Å². The van der Waals surface area contributed by atoms with Crippen LogP contribution in [0.5, 0.6) is 0 Å². The Kier molecular flexibility index (Phi) is 5.86. The molecule has 0 heterocycles. The lowest BCUT2D eigenvalue weighted by molar-refractivity contribution is -0.137. The Morgan fingerprint density at radius 2 is 1.95 bits per heavy atom. The highest BCUT2D eigenvalue weighted by Crippen LogP contribution is 2.17. The van der Waals surface area contributed by atoms with Crippen LogP contribution in [0.15, 0.2) is 29.2 Å². The van der Waals surface area contributed by atoms with Crippen LogP contribution in [0.25, 0.3) is 0 Å². The molecule has 1 atom stereocenters. The van der Waals surface area contributed by atoms with Gasteiger partial charge in [0.05, 0.1) is 17.6 Å². The fourth-order valence-corrected chi connectivity index (χ4v) is 3.18. The molecule has 0 saturated heterocycles. The zero-order valence-electron chi connectivity index (χ0n) is 11.7. The minimum Gasteiger partial charge on any atom is -0.481 e. The Bertz CT molecular complexity index is 625. The standard InChI is InChI=1S/C13H17NO6S/c1-9(7-8-12(15)16)14-21(18,19)11-6-4-3-5-10(11)13(17)20-2/h3-6,9,14H,7-8H2,1-2H3,(H,15,16).